The number of nitrogens with zero attached hydrogens (tertiary/aromatic N) is 4. The minimum atomic E-state index is -3.63. The van der Waals surface area contributed by atoms with Gasteiger partial charge in [-0.2, -0.15) is 5.10 Å². The zero-order chi connectivity index (χ0) is 20.1. The Morgan fingerprint density at radius 1 is 1.19 bits per heavy atom. The molecule has 9 nitrogen and oxygen atoms in total. The number of aryl methyl sites for hydroxylation is 1. The predicted molar refractivity (Wildman–Crippen MR) is 105 cm³/mol. The number of benzene rings is 1. The van der Waals surface area contributed by atoms with Crippen molar-refractivity contribution in [1.82, 2.24) is 30.1 Å². The molecule has 2 rings (SSSR count). The topological polar surface area (TPSA) is 113 Å². The molecule has 148 valence electrons. The van der Waals surface area contributed by atoms with Crippen LogP contribution in [0.15, 0.2) is 40.5 Å². The number of nitrogens with one attached hydrogen (secondary N) is 3. The number of sulfonamides is 1. The summed E-state index contributed by atoms with van der Waals surface area (Å²) in [6.07, 6.45) is 1.48. The van der Waals surface area contributed by atoms with Gasteiger partial charge in [-0.1, -0.05) is 18.2 Å². The van der Waals surface area contributed by atoms with Gasteiger partial charge in [0.15, 0.2) is 5.96 Å². The van der Waals surface area contributed by atoms with Crippen LogP contribution >= 0.6 is 0 Å². The van der Waals surface area contributed by atoms with Gasteiger partial charge in [-0.05, 0) is 32.4 Å². The largest absolute Gasteiger partial charge is 0.352 e. The van der Waals surface area contributed by atoms with Gasteiger partial charge < -0.3 is 10.6 Å². The Morgan fingerprint density at radius 2 is 1.85 bits per heavy atom. The summed E-state index contributed by atoms with van der Waals surface area (Å²) in [6, 6.07) is 6.89. The van der Waals surface area contributed by atoms with E-state index in [4.69, 9.17) is 0 Å². The van der Waals surface area contributed by atoms with Crippen molar-refractivity contribution in [3.8, 4) is 0 Å². The molecule has 10 heteroatoms. The Balaban J connectivity index is 2.08. The summed E-state index contributed by atoms with van der Waals surface area (Å²) in [5.74, 6) is 1.30. The van der Waals surface area contributed by atoms with E-state index in [1.807, 2.05) is 33.9 Å². The Bertz CT molecular complexity index is 898. The number of guanidine groups is 1. The fourth-order valence-electron chi connectivity index (χ4n) is 2.41. The second-order valence-electron chi connectivity index (χ2n) is 7.04. The molecule has 0 radical (unpaired) electrons. The van der Waals surface area contributed by atoms with Gasteiger partial charge in [-0.15, -0.1) is 0 Å². The van der Waals surface area contributed by atoms with Gasteiger partial charge in [-0.3, -0.25) is 9.67 Å². The smallest absolute Gasteiger partial charge is 0.241 e. The second kappa shape index (κ2) is 8.49. The van der Waals surface area contributed by atoms with E-state index in [0.29, 0.717) is 24.6 Å². The van der Waals surface area contributed by atoms with Crippen molar-refractivity contribution >= 4 is 16.0 Å². The summed E-state index contributed by atoms with van der Waals surface area (Å²) in [7, 11) is -0.171. The molecule has 1 aromatic heterocycles. The average Bonchev–Trinajstić information content (AvgIpc) is 2.98. The zero-order valence-electron chi connectivity index (χ0n) is 16.3. The monoisotopic (exact) mass is 393 g/mol. The van der Waals surface area contributed by atoms with Crippen LogP contribution in [0.1, 0.15) is 32.2 Å². The third-order valence-electron chi connectivity index (χ3n) is 3.59. The molecule has 0 aliphatic carbocycles. The molecule has 0 spiro atoms. The van der Waals surface area contributed by atoms with Gasteiger partial charge in [0.05, 0.1) is 11.4 Å². The van der Waals surface area contributed by atoms with Gasteiger partial charge in [0.1, 0.15) is 12.2 Å². The van der Waals surface area contributed by atoms with E-state index in [1.165, 1.54) is 6.33 Å². The summed E-state index contributed by atoms with van der Waals surface area (Å²) < 4.78 is 29.7. The third kappa shape index (κ3) is 6.04. The van der Waals surface area contributed by atoms with Crippen molar-refractivity contribution in [3.05, 3.63) is 42.0 Å². The van der Waals surface area contributed by atoms with Crippen LogP contribution in [0.2, 0.25) is 0 Å². The zero-order valence-corrected chi connectivity index (χ0v) is 17.1. The number of hydrogen-bond donors (Lipinski definition) is 3. The van der Waals surface area contributed by atoms with Gasteiger partial charge >= 0.3 is 0 Å². The van der Waals surface area contributed by atoms with Crippen LogP contribution in [0.3, 0.4) is 0 Å². The van der Waals surface area contributed by atoms with E-state index in [1.54, 1.807) is 29.9 Å². The molecule has 3 N–H and O–H groups in total. The first-order valence-corrected chi connectivity index (χ1v) is 10.00. The fourth-order valence-corrected chi connectivity index (χ4v) is 4.07. The van der Waals surface area contributed by atoms with Crippen molar-refractivity contribution in [2.24, 2.45) is 12.0 Å². The standard InChI is InChI=1S/C17H27N7O2S/c1-17(2,3)23-27(25,26)14-9-7-6-8-13(14)10-19-16(18-4)20-11-15-21-12-22-24(15)5/h6-9,12,23H,10-11H2,1-5H3,(H2,18,19,20). The summed E-state index contributed by atoms with van der Waals surface area (Å²) in [6.45, 7) is 6.18. The fraction of sp³-hybridized carbons (Fsp3) is 0.471. The second-order valence-corrected chi connectivity index (χ2v) is 8.69. The average molecular weight is 394 g/mol. The Kier molecular flexibility index (Phi) is 6.55. The molecule has 27 heavy (non-hydrogen) atoms. The lowest BCUT2D eigenvalue weighted by molar-refractivity contribution is 0.491. The molecule has 0 fully saturated rings. The highest BCUT2D eigenvalue weighted by Gasteiger charge is 2.24. The van der Waals surface area contributed by atoms with E-state index < -0.39 is 15.6 Å². The summed E-state index contributed by atoms with van der Waals surface area (Å²) >= 11 is 0. The Morgan fingerprint density at radius 3 is 2.44 bits per heavy atom. The van der Waals surface area contributed by atoms with Crippen molar-refractivity contribution in [1.29, 1.82) is 0 Å². The first-order chi connectivity index (χ1) is 12.6. The highest BCUT2D eigenvalue weighted by molar-refractivity contribution is 7.89. The lowest BCUT2D eigenvalue weighted by Gasteiger charge is -2.22. The third-order valence-corrected chi connectivity index (χ3v) is 5.45. The molecule has 0 aliphatic heterocycles. The summed E-state index contributed by atoms with van der Waals surface area (Å²) in [5, 5.41) is 10.3. The molecule has 1 aromatic carbocycles. The van der Waals surface area contributed by atoms with Gasteiger partial charge in [0, 0.05) is 26.2 Å². The van der Waals surface area contributed by atoms with Crippen LogP contribution in [-0.2, 0) is 30.2 Å². The minimum Gasteiger partial charge on any atom is -0.352 e. The Hall–Kier alpha value is -2.46. The van der Waals surface area contributed by atoms with Crippen LogP contribution in [0, 0.1) is 0 Å². The molecule has 0 atom stereocenters. The van der Waals surface area contributed by atoms with Gasteiger partial charge in [-0.25, -0.2) is 18.1 Å². The summed E-state index contributed by atoms with van der Waals surface area (Å²) in [4.78, 5) is 8.54. The Labute approximate surface area is 160 Å². The van der Waals surface area contributed by atoms with Crippen LogP contribution in [0.5, 0.6) is 0 Å². The van der Waals surface area contributed by atoms with Crippen LogP contribution in [0.25, 0.3) is 0 Å². The molecule has 1 heterocycles. The molecule has 0 unspecified atom stereocenters. The van der Waals surface area contributed by atoms with Crippen molar-refractivity contribution in [2.45, 2.75) is 44.3 Å². The first kappa shape index (κ1) is 20.8. The molecular weight excluding hydrogens is 366 g/mol. The molecule has 0 bridgehead atoms. The minimum absolute atomic E-state index is 0.246. The van der Waals surface area contributed by atoms with Crippen molar-refractivity contribution in [3.63, 3.8) is 0 Å². The first-order valence-electron chi connectivity index (χ1n) is 8.51. The molecular formula is C17H27N7O2S. The number of rotatable bonds is 6. The molecule has 0 amide bonds. The highest BCUT2D eigenvalue weighted by Crippen LogP contribution is 2.17. The molecule has 0 aliphatic rings. The SMILES string of the molecule is CN=C(NCc1ccccc1S(=O)(=O)NC(C)(C)C)NCc1ncnn1C. The van der Waals surface area contributed by atoms with E-state index in [0.717, 1.165) is 5.82 Å². The normalized spacial score (nSPS) is 12.9. The maximum atomic E-state index is 12.7. The molecule has 0 saturated carbocycles. The maximum absolute atomic E-state index is 12.7. The van der Waals surface area contributed by atoms with Crippen LogP contribution in [0.4, 0.5) is 0 Å². The highest BCUT2D eigenvalue weighted by atomic mass is 32.2. The molecule has 0 saturated heterocycles. The van der Waals surface area contributed by atoms with E-state index in [2.05, 4.69) is 30.4 Å². The number of aromatic nitrogens is 3. The maximum Gasteiger partial charge on any atom is 0.241 e. The number of hydrogen-bond acceptors (Lipinski definition) is 5. The lowest BCUT2D eigenvalue weighted by Crippen LogP contribution is -2.41. The van der Waals surface area contributed by atoms with E-state index in [9.17, 15) is 8.42 Å². The van der Waals surface area contributed by atoms with Crippen LogP contribution < -0.4 is 15.4 Å². The van der Waals surface area contributed by atoms with E-state index >= 15 is 0 Å². The van der Waals surface area contributed by atoms with Gasteiger partial charge in [0.2, 0.25) is 10.0 Å². The van der Waals surface area contributed by atoms with E-state index in [-0.39, 0.29) is 4.90 Å². The number of aliphatic imine (C=N–C) groups is 1. The van der Waals surface area contributed by atoms with Crippen molar-refractivity contribution < 1.29 is 8.42 Å². The summed E-state index contributed by atoms with van der Waals surface area (Å²) in [5.41, 5.74) is 0.0865. The lowest BCUT2D eigenvalue weighted by atomic mass is 10.1. The van der Waals surface area contributed by atoms with Crippen molar-refractivity contribution in [2.75, 3.05) is 7.05 Å². The van der Waals surface area contributed by atoms with Gasteiger partial charge in [0.25, 0.3) is 0 Å². The quantitative estimate of drug-likeness (QED) is 0.493. The molecule has 2 aromatic rings. The van der Waals surface area contributed by atoms with Crippen LogP contribution in [-0.4, -0.2) is 41.7 Å². The predicted octanol–water partition coefficient (Wildman–Crippen LogP) is 0.757.